The predicted molar refractivity (Wildman–Crippen MR) is 175 cm³/mol. The van der Waals surface area contributed by atoms with Gasteiger partial charge in [0, 0.05) is 19.1 Å². The van der Waals surface area contributed by atoms with Crippen molar-refractivity contribution in [2.75, 3.05) is 13.7 Å². The molecule has 0 bridgehead atoms. The van der Waals surface area contributed by atoms with Crippen LogP contribution in [0.3, 0.4) is 0 Å². The summed E-state index contributed by atoms with van der Waals surface area (Å²) in [6.07, 6.45) is -3.98. The Labute approximate surface area is 275 Å². The van der Waals surface area contributed by atoms with Crippen molar-refractivity contribution in [1.82, 2.24) is 0 Å². The second-order valence-electron chi connectivity index (χ2n) is 13.2. The van der Waals surface area contributed by atoms with E-state index in [1.54, 1.807) is 19.2 Å². The Bertz CT molecular complexity index is 1230. The lowest BCUT2D eigenvalue weighted by molar-refractivity contribution is -0.356. The number of carbonyl (C=O) groups excluding carboxylic acids is 1. The van der Waals surface area contributed by atoms with E-state index in [0.717, 1.165) is 5.56 Å². The van der Waals surface area contributed by atoms with Gasteiger partial charge in [-0.05, 0) is 37.2 Å². The van der Waals surface area contributed by atoms with Crippen LogP contribution in [0.15, 0.2) is 60.7 Å². The molecule has 2 aromatic rings. The van der Waals surface area contributed by atoms with Gasteiger partial charge in [-0.2, -0.15) is 0 Å². The molecule has 10 atom stereocenters. The number of benzene rings is 2. The van der Waals surface area contributed by atoms with Gasteiger partial charge in [0.05, 0.1) is 28.3 Å². The van der Waals surface area contributed by atoms with Gasteiger partial charge in [-0.25, -0.2) is 4.79 Å². The molecular formula is C33H45IO9Si. The molecule has 242 valence electrons. The van der Waals surface area contributed by atoms with Gasteiger partial charge in [0.2, 0.25) is 0 Å². The molecular weight excluding hydrogens is 695 g/mol. The molecule has 11 heteroatoms. The summed E-state index contributed by atoms with van der Waals surface area (Å²) in [6.45, 7) is 13.2. The number of fused-ring (bicyclic) bond motifs is 1. The Hall–Kier alpha value is -1.42. The van der Waals surface area contributed by atoms with Crippen molar-refractivity contribution in [1.29, 1.82) is 0 Å². The van der Waals surface area contributed by atoms with Crippen LogP contribution in [-0.4, -0.2) is 81.1 Å². The highest BCUT2D eigenvalue weighted by atomic mass is 127. The maximum Gasteiger partial charge on any atom is 0.338 e. The fourth-order valence-corrected chi connectivity index (χ4v) is 7.95. The normalized spacial score (nSPS) is 34.6. The van der Waals surface area contributed by atoms with Crippen LogP contribution in [0.25, 0.3) is 0 Å². The molecule has 44 heavy (non-hydrogen) atoms. The monoisotopic (exact) mass is 740 g/mol. The van der Waals surface area contributed by atoms with Crippen molar-refractivity contribution in [3.63, 3.8) is 0 Å². The molecule has 3 fully saturated rings. The molecule has 3 heterocycles. The van der Waals surface area contributed by atoms with Crippen molar-refractivity contribution < 1.29 is 42.4 Å². The van der Waals surface area contributed by atoms with Gasteiger partial charge in [0.15, 0.2) is 33.3 Å². The van der Waals surface area contributed by atoms with E-state index in [9.17, 15) is 4.79 Å². The maximum atomic E-state index is 13.2. The Morgan fingerprint density at radius 1 is 0.955 bits per heavy atom. The summed E-state index contributed by atoms with van der Waals surface area (Å²) in [6, 6.07) is 18.9. The largest absolute Gasteiger partial charge is 0.453 e. The lowest BCUT2D eigenvalue weighted by Gasteiger charge is -2.50. The van der Waals surface area contributed by atoms with Gasteiger partial charge in [-0.3, -0.25) is 0 Å². The van der Waals surface area contributed by atoms with E-state index >= 15 is 0 Å². The highest BCUT2D eigenvalue weighted by Crippen LogP contribution is 2.43. The van der Waals surface area contributed by atoms with Gasteiger partial charge in [0.25, 0.3) is 0 Å². The smallest absolute Gasteiger partial charge is 0.338 e. The van der Waals surface area contributed by atoms with E-state index in [4.69, 9.17) is 37.6 Å². The first kappa shape index (κ1) is 33.9. The summed E-state index contributed by atoms with van der Waals surface area (Å²) in [4.78, 5) is 13.2. The number of alkyl halides is 1. The van der Waals surface area contributed by atoms with E-state index in [-0.39, 0.29) is 15.1 Å². The van der Waals surface area contributed by atoms with E-state index in [1.165, 1.54) is 0 Å². The lowest BCUT2D eigenvalue weighted by atomic mass is 9.98. The van der Waals surface area contributed by atoms with Crippen LogP contribution in [0.4, 0.5) is 0 Å². The molecule has 0 saturated carbocycles. The van der Waals surface area contributed by atoms with Crippen LogP contribution in [0.2, 0.25) is 18.1 Å². The van der Waals surface area contributed by atoms with Gasteiger partial charge in [-0.15, -0.1) is 0 Å². The standard InChI is InChI=1S/C33H45IO9Si/c1-20-27(41-30(35)21-14-10-8-11-15-21)29(43-44(6,7)33(2,3)4)26(34)32(38-20)40-23-18-25(36-5)39-24-19-37-31(42-28(23)24)22-16-12-9-13-17-22/h8-17,20,23-29,31-32H,18-19H2,1-7H3/t20-,23+,24-,25+,26+,27-,28+,29-,31?,32-/m1/s1. The second kappa shape index (κ2) is 14.1. The van der Waals surface area contributed by atoms with Crippen molar-refractivity contribution in [3.05, 3.63) is 71.8 Å². The first-order valence-corrected chi connectivity index (χ1v) is 19.4. The maximum absolute atomic E-state index is 13.2. The van der Waals surface area contributed by atoms with Gasteiger partial charge in [0.1, 0.15) is 18.3 Å². The Kier molecular flexibility index (Phi) is 10.9. The van der Waals surface area contributed by atoms with Crippen LogP contribution in [0.5, 0.6) is 0 Å². The molecule has 0 spiro atoms. The second-order valence-corrected chi connectivity index (χ2v) is 19.4. The summed E-state index contributed by atoms with van der Waals surface area (Å²) < 4.78 is 50.4. The lowest BCUT2D eigenvalue weighted by Crippen LogP contribution is -2.63. The molecule has 0 amide bonds. The molecule has 3 saturated heterocycles. The van der Waals surface area contributed by atoms with Crippen LogP contribution in [0.1, 0.15) is 56.3 Å². The number of esters is 1. The molecule has 0 aliphatic carbocycles. The molecule has 3 aliphatic heterocycles. The van der Waals surface area contributed by atoms with E-state index in [2.05, 4.69) is 56.5 Å². The third kappa shape index (κ3) is 7.58. The minimum atomic E-state index is -2.30. The van der Waals surface area contributed by atoms with Crippen LogP contribution < -0.4 is 0 Å². The molecule has 0 aromatic heterocycles. The van der Waals surface area contributed by atoms with Gasteiger partial charge >= 0.3 is 5.97 Å². The fraction of sp³-hybridized carbons (Fsp3) is 0.606. The Morgan fingerprint density at radius 2 is 1.61 bits per heavy atom. The average Bonchev–Trinajstić information content (AvgIpc) is 3.01. The summed E-state index contributed by atoms with van der Waals surface area (Å²) in [5.74, 6) is -0.407. The average molecular weight is 741 g/mol. The van der Waals surface area contributed by atoms with Crippen molar-refractivity contribution in [2.45, 2.75) is 112 Å². The number of hydrogen-bond donors (Lipinski definition) is 0. The number of hydrogen-bond acceptors (Lipinski definition) is 9. The summed E-state index contributed by atoms with van der Waals surface area (Å²) in [5.41, 5.74) is 1.41. The first-order valence-electron chi connectivity index (χ1n) is 15.3. The number of methoxy groups -OCH3 is 1. The summed E-state index contributed by atoms with van der Waals surface area (Å²) in [7, 11) is -0.678. The zero-order valence-electron chi connectivity index (χ0n) is 26.5. The minimum Gasteiger partial charge on any atom is -0.453 e. The fourth-order valence-electron chi connectivity index (χ4n) is 5.46. The van der Waals surface area contributed by atoms with Gasteiger partial charge < -0.3 is 37.6 Å². The third-order valence-corrected chi connectivity index (χ3v) is 14.8. The van der Waals surface area contributed by atoms with Crippen molar-refractivity contribution >= 4 is 36.9 Å². The number of carbonyl (C=O) groups is 1. The molecule has 9 nitrogen and oxygen atoms in total. The number of rotatable bonds is 8. The van der Waals surface area contributed by atoms with E-state index in [0.29, 0.717) is 18.6 Å². The highest BCUT2D eigenvalue weighted by molar-refractivity contribution is 14.1. The Balaban J connectivity index is 1.38. The highest BCUT2D eigenvalue weighted by Gasteiger charge is 2.53. The summed E-state index contributed by atoms with van der Waals surface area (Å²) in [5, 5.41) is -0.0583. The SMILES string of the molecule is CO[C@@H]1C[C@H](O[C@H]2O[C@H](C)[C@@H](OC(=O)c3ccccc3)[C@H](O[Si](C)(C)C(C)(C)C)[C@@H]2I)[C@@H]2OC(c3ccccc3)OC[C@H]2O1. The molecule has 5 rings (SSSR count). The number of ether oxygens (including phenoxy) is 7. The third-order valence-electron chi connectivity index (χ3n) is 9.02. The van der Waals surface area contributed by atoms with Crippen LogP contribution >= 0.6 is 22.6 Å². The molecule has 1 unspecified atom stereocenters. The molecule has 0 radical (unpaired) electrons. The van der Waals surface area contributed by atoms with E-state index < -0.39 is 63.7 Å². The van der Waals surface area contributed by atoms with Crippen molar-refractivity contribution in [3.8, 4) is 0 Å². The van der Waals surface area contributed by atoms with Crippen molar-refractivity contribution in [2.24, 2.45) is 0 Å². The topological polar surface area (TPSA) is 90.9 Å². The summed E-state index contributed by atoms with van der Waals surface area (Å²) >= 11 is 2.34. The van der Waals surface area contributed by atoms with E-state index in [1.807, 2.05) is 55.5 Å². The predicted octanol–water partition coefficient (Wildman–Crippen LogP) is 6.41. The zero-order chi connectivity index (χ0) is 31.6. The molecule has 3 aliphatic rings. The quantitative estimate of drug-likeness (QED) is 0.132. The zero-order valence-corrected chi connectivity index (χ0v) is 29.7. The molecule has 2 aromatic carbocycles. The van der Waals surface area contributed by atoms with Crippen LogP contribution in [-0.2, 0) is 37.6 Å². The van der Waals surface area contributed by atoms with Gasteiger partial charge in [-0.1, -0.05) is 91.9 Å². The van der Waals surface area contributed by atoms with Crippen LogP contribution in [0, 0.1) is 0 Å². The molecule has 0 N–H and O–H groups in total. The Morgan fingerprint density at radius 3 is 2.25 bits per heavy atom. The number of halogens is 1. The minimum absolute atomic E-state index is 0.0583. The first-order chi connectivity index (χ1) is 20.9.